The number of carbonyl (C=O) groups is 1. The first kappa shape index (κ1) is 17.7. The minimum atomic E-state index is -3.94. The van der Waals surface area contributed by atoms with Gasteiger partial charge in [0, 0.05) is 0 Å². The van der Waals surface area contributed by atoms with Crippen LogP contribution >= 0.6 is 0 Å². The molecule has 0 fully saturated rings. The monoisotopic (exact) mass is 378 g/mol. The van der Waals surface area contributed by atoms with Crippen LogP contribution < -0.4 is 9.47 Å². The van der Waals surface area contributed by atoms with Gasteiger partial charge in [0.15, 0.2) is 5.75 Å². The number of carbonyl (C=O) groups excluding carboxylic acids is 1. The minimum absolute atomic E-state index is 0.0441. The highest BCUT2D eigenvalue weighted by Crippen LogP contribution is 2.32. The van der Waals surface area contributed by atoms with Gasteiger partial charge in [-0.05, 0) is 24.3 Å². The number of nitrogens with zero attached hydrogens (tertiary/aromatic N) is 2. The second-order valence-electron chi connectivity index (χ2n) is 5.32. The predicted octanol–water partition coefficient (Wildman–Crippen LogP) is 1.83. The number of amides is 1. The largest absolute Gasteiger partial charge is 0.496 e. The summed E-state index contributed by atoms with van der Waals surface area (Å²) in [5, 5.41) is 11.1. The number of methoxy groups -OCH3 is 1. The van der Waals surface area contributed by atoms with Crippen LogP contribution in [0.15, 0.2) is 47.4 Å². The third-order valence-corrected chi connectivity index (χ3v) is 5.67. The number of rotatable bonds is 6. The average Bonchev–Trinajstić information content (AvgIpc) is 2.82. The highest BCUT2D eigenvalue weighted by molar-refractivity contribution is 7.90. The fraction of sp³-hybridized carbons (Fsp3) is 0.188. The van der Waals surface area contributed by atoms with E-state index in [0.717, 1.165) is 0 Å². The second kappa shape index (κ2) is 6.64. The molecule has 0 aliphatic carbocycles. The zero-order chi connectivity index (χ0) is 18.9. The Balaban J connectivity index is 1.76. The quantitative estimate of drug-likeness (QED) is 0.556. The molecule has 0 bridgehead atoms. The maximum Gasteiger partial charge on any atom is 0.314 e. The molecule has 2 aromatic carbocycles. The number of nitro groups is 1. The Bertz CT molecular complexity index is 988. The van der Waals surface area contributed by atoms with Crippen molar-refractivity contribution >= 4 is 21.6 Å². The van der Waals surface area contributed by atoms with Gasteiger partial charge in [-0.2, -0.15) is 0 Å². The van der Waals surface area contributed by atoms with E-state index in [1.807, 2.05) is 0 Å². The molecule has 1 aliphatic heterocycles. The van der Waals surface area contributed by atoms with Crippen LogP contribution in [0.3, 0.4) is 0 Å². The van der Waals surface area contributed by atoms with Crippen molar-refractivity contribution in [1.82, 2.24) is 4.31 Å². The molecular formula is C16H14N2O7S. The molecule has 2 aromatic rings. The van der Waals surface area contributed by atoms with Gasteiger partial charge in [0.25, 0.3) is 15.9 Å². The standard InChI is InChI=1S/C16H14N2O7S/c1-24-11-6-7-14(13(10-11)18(20)21)25-9-8-17-16(19)12-4-2-3-5-15(12)26(17,22)23/h2-7,10H,8-9H2,1H3. The normalized spacial score (nSPS) is 14.8. The highest BCUT2D eigenvalue weighted by Gasteiger charge is 2.40. The molecule has 3 rings (SSSR count). The van der Waals surface area contributed by atoms with Crippen molar-refractivity contribution in [2.75, 3.05) is 20.3 Å². The van der Waals surface area contributed by atoms with E-state index in [1.165, 1.54) is 43.5 Å². The molecule has 1 heterocycles. The summed E-state index contributed by atoms with van der Waals surface area (Å²) < 4.78 is 35.8. The van der Waals surface area contributed by atoms with Crippen molar-refractivity contribution < 1.29 is 27.6 Å². The fourth-order valence-electron chi connectivity index (χ4n) is 2.58. The Hall–Kier alpha value is -3.14. The van der Waals surface area contributed by atoms with Crippen molar-refractivity contribution in [3.05, 3.63) is 58.1 Å². The van der Waals surface area contributed by atoms with Crippen LogP contribution in [0.1, 0.15) is 10.4 Å². The lowest BCUT2D eigenvalue weighted by Crippen LogP contribution is -2.33. The van der Waals surface area contributed by atoms with Crippen LogP contribution in [-0.4, -0.2) is 43.8 Å². The lowest BCUT2D eigenvalue weighted by Gasteiger charge is -2.15. The van der Waals surface area contributed by atoms with E-state index in [1.54, 1.807) is 6.07 Å². The minimum Gasteiger partial charge on any atom is -0.496 e. The maximum absolute atomic E-state index is 12.4. The van der Waals surface area contributed by atoms with Gasteiger partial charge >= 0.3 is 5.69 Å². The number of ether oxygens (including phenoxy) is 2. The van der Waals surface area contributed by atoms with Crippen molar-refractivity contribution in [1.29, 1.82) is 0 Å². The molecule has 0 saturated heterocycles. The van der Waals surface area contributed by atoms with Crippen molar-refractivity contribution in [3.8, 4) is 11.5 Å². The van der Waals surface area contributed by atoms with E-state index >= 15 is 0 Å². The summed E-state index contributed by atoms with van der Waals surface area (Å²) in [7, 11) is -2.56. The van der Waals surface area contributed by atoms with Crippen LogP contribution in [-0.2, 0) is 10.0 Å². The van der Waals surface area contributed by atoms with Gasteiger partial charge in [0.1, 0.15) is 17.3 Å². The first-order valence-corrected chi connectivity index (χ1v) is 8.91. The summed E-state index contributed by atoms with van der Waals surface area (Å²) in [6.07, 6.45) is 0. The Morgan fingerprint density at radius 2 is 1.92 bits per heavy atom. The first-order valence-electron chi connectivity index (χ1n) is 7.47. The topological polar surface area (TPSA) is 116 Å². The van der Waals surface area contributed by atoms with E-state index in [4.69, 9.17) is 9.47 Å². The molecule has 10 heteroatoms. The molecule has 26 heavy (non-hydrogen) atoms. The summed E-state index contributed by atoms with van der Waals surface area (Å²) in [6, 6.07) is 9.93. The zero-order valence-corrected chi connectivity index (χ0v) is 14.4. The Kier molecular flexibility index (Phi) is 4.51. The third kappa shape index (κ3) is 2.94. The van der Waals surface area contributed by atoms with E-state index in [-0.39, 0.29) is 40.8 Å². The van der Waals surface area contributed by atoms with Gasteiger partial charge in [-0.15, -0.1) is 0 Å². The highest BCUT2D eigenvalue weighted by atomic mass is 32.2. The molecule has 1 aliphatic rings. The van der Waals surface area contributed by atoms with E-state index in [9.17, 15) is 23.3 Å². The second-order valence-corrected chi connectivity index (χ2v) is 7.15. The first-order chi connectivity index (χ1) is 12.4. The van der Waals surface area contributed by atoms with Crippen molar-refractivity contribution in [2.45, 2.75) is 4.90 Å². The molecule has 0 saturated carbocycles. The van der Waals surface area contributed by atoms with Gasteiger partial charge in [0.2, 0.25) is 0 Å². The third-order valence-electron chi connectivity index (χ3n) is 3.83. The molecular weight excluding hydrogens is 364 g/mol. The number of fused-ring (bicyclic) bond motifs is 1. The average molecular weight is 378 g/mol. The summed E-state index contributed by atoms with van der Waals surface area (Å²) in [5.74, 6) is -0.400. The number of hydrogen-bond donors (Lipinski definition) is 0. The molecule has 1 amide bonds. The summed E-state index contributed by atoms with van der Waals surface area (Å²) >= 11 is 0. The van der Waals surface area contributed by atoms with Gasteiger partial charge in [-0.3, -0.25) is 14.9 Å². The van der Waals surface area contributed by atoms with Crippen molar-refractivity contribution in [2.24, 2.45) is 0 Å². The van der Waals surface area contributed by atoms with Crippen LogP contribution in [0.25, 0.3) is 0 Å². The van der Waals surface area contributed by atoms with Crippen LogP contribution in [0.2, 0.25) is 0 Å². The van der Waals surface area contributed by atoms with E-state index < -0.39 is 20.9 Å². The lowest BCUT2D eigenvalue weighted by molar-refractivity contribution is -0.385. The molecule has 0 spiro atoms. The van der Waals surface area contributed by atoms with Gasteiger partial charge in [-0.25, -0.2) is 12.7 Å². The van der Waals surface area contributed by atoms with Gasteiger partial charge in [-0.1, -0.05) is 12.1 Å². The number of sulfonamides is 1. The molecule has 0 radical (unpaired) electrons. The Morgan fingerprint density at radius 3 is 2.58 bits per heavy atom. The van der Waals surface area contributed by atoms with E-state index in [0.29, 0.717) is 4.31 Å². The molecule has 136 valence electrons. The fourth-order valence-corrected chi connectivity index (χ4v) is 4.13. The summed E-state index contributed by atoms with van der Waals surface area (Å²) in [6.45, 7) is -0.495. The zero-order valence-electron chi connectivity index (χ0n) is 13.6. The van der Waals surface area contributed by atoms with Crippen LogP contribution in [0, 0.1) is 10.1 Å². The summed E-state index contributed by atoms with van der Waals surface area (Å²) in [4.78, 5) is 22.7. The summed E-state index contributed by atoms with van der Waals surface area (Å²) in [5.41, 5.74) is -0.217. The van der Waals surface area contributed by atoms with Gasteiger partial charge in [0.05, 0.1) is 30.2 Å². The molecule has 0 atom stereocenters. The molecule has 0 aromatic heterocycles. The van der Waals surface area contributed by atoms with Crippen LogP contribution in [0.5, 0.6) is 11.5 Å². The Labute approximate surface area is 149 Å². The number of nitro benzene ring substituents is 1. The lowest BCUT2D eigenvalue weighted by atomic mass is 10.2. The smallest absolute Gasteiger partial charge is 0.314 e. The van der Waals surface area contributed by atoms with E-state index in [2.05, 4.69) is 0 Å². The number of hydrogen-bond acceptors (Lipinski definition) is 7. The molecule has 0 unspecified atom stereocenters. The SMILES string of the molecule is COc1ccc(OCCN2C(=O)c3ccccc3S2(=O)=O)c([N+](=O)[O-])c1. The predicted molar refractivity (Wildman–Crippen MR) is 89.8 cm³/mol. The molecule has 0 N–H and O–H groups in total. The van der Waals surface area contributed by atoms with Crippen LogP contribution in [0.4, 0.5) is 5.69 Å². The molecule has 9 nitrogen and oxygen atoms in total. The maximum atomic E-state index is 12.4. The number of benzene rings is 2. The van der Waals surface area contributed by atoms with Crippen molar-refractivity contribution in [3.63, 3.8) is 0 Å². The van der Waals surface area contributed by atoms with Gasteiger partial charge < -0.3 is 9.47 Å². The Morgan fingerprint density at radius 1 is 1.19 bits per heavy atom.